The minimum absolute atomic E-state index is 0.952. The minimum Gasteiger partial charge on any atom is -0.361 e. The lowest BCUT2D eigenvalue weighted by molar-refractivity contribution is 0.518. The predicted molar refractivity (Wildman–Crippen MR) is 79.4 cm³/mol. The highest BCUT2D eigenvalue weighted by atomic mass is 32.1. The number of nitrogens with zero attached hydrogens (tertiary/aromatic N) is 1. The quantitative estimate of drug-likeness (QED) is 0.869. The normalized spacial score (nSPS) is 16.5. The van der Waals surface area contributed by atoms with E-state index in [0.29, 0.717) is 0 Å². The van der Waals surface area contributed by atoms with E-state index in [-0.39, 0.29) is 0 Å². The Morgan fingerprint density at radius 1 is 1.33 bits per heavy atom. The van der Waals surface area contributed by atoms with Crippen molar-refractivity contribution in [3.8, 4) is 0 Å². The molecule has 0 unspecified atom stereocenters. The molecule has 2 aromatic rings. The number of benzene rings is 1. The van der Waals surface area contributed by atoms with E-state index in [9.17, 15) is 0 Å². The predicted octanol–water partition coefficient (Wildman–Crippen LogP) is 4.60. The maximum atomic E-state index is 4.68. The second-order valence-corrected chi connectivity index (χ2v) is 6.34. The molecule has 0 amide bonds. The molecule has 3 rings (SSSR count). The number of rotatable bonds is 4. The van der Waals surface area contributed by atoms with Crippen LogP contribution in [-0.4, -0.2) is 11.5 Å². The van der Waals surface area contributed by atoms with Gasteiger partial charge in [0.1, 0.15) is 0 Å². The molecular weight excluding hydrogens is 240 g/mol. The topological polar surface area (TPSA) is 24.9 Å². The van der Waals surface area contributed by atoms with E-state index in [4.69, 9.17) is 0 Å². The van der Waals surface area contributed by atoms with Gasteiger partial charge in [0.15, 0.2) is 5.13 Å². The van der Waals surface area contributed by atoms with Crippen LogP contribution in [0.5, 0.6) is 0 Å². The van der Waals surface area contributed by atoms with Gasteiger partial charge in [-0.2, -0.15) is 0 Å². The lowest BCUT2D eigenvalue weighted by atomic mass is 10.0. The number of para-hydroxylation sites is 1. The molecule has 1 fully saturated rings. The van der Waals surface area contributed by atoms with Crippen LogP contribution in [0.3, 0.4) is 0 Å². The van der Waals surface area contributed by atoms with Crippen LogP contribution in [-0.2, 0) is 0 Å². The first-order valence-electron chi connectivity index (χ1n) is 6.93. The van der Waals surface area contributed by atoms with E-state index in [2.05, 4.69) is 35.4 Å². The van der Waals surface area contributed by atoms with E-state index in [1.165, 1.54) is 42.4 Å². The van der Waals surface area contributed by atoms with Gasteiger partial charge in [0.05, 0.1) is 10.2 Å². The van der Waals surface area contributed by atoms with Crippen LogP contribution < -0.4 is 5.32 Å². The molecule has 96 valence electrons. The summed E-state index contributed by atoms with van der Waals surface area (Å²) in [6.45, 7) is 3.20. The van der Waals surface area contributed by atoms with Crippen LogP contribution in [0.4, 0.5) is 5.13 Å². The van der Waals surface area contributed by atoms with Crippen LogP contribution in [0.1, 0.15) is 37.7 Å². The van der Waals surface area contributed by atoms with E-state index >= 15 is 0 Å². The summed E-state index contributed by atoms with van der Waals surface area (Å²) in [5, 5.41) is 4.58. The van der Waals surface area contributed by atoms with E-state index in [0.717, 1.165) is 23.1 Å². The second-order valence-electron chi connectivity index (χ2n) is 5.31. The highest BCUT2D eigenvalue weighted by Gasteiger charge is 2.14. The molecule has 1 heterocycles. The monoisotopic (exact) mass is 260 g/mol. The van der Waals surface area contributed by atoms with E-state index in [1.54, 1.807) is 11.3 Å². The number of hydrogen-bond donors (Lipinski definition) is 1. The number of hydrogen-bond acceptors (Lipinski definition) is 3. The van der Waals surface area contributed by atoms with Gasteiger partial charge in [0.25, 0.3) is 0 Å². The van der Waals surface area contributed by atoms with Crippen molar-refractivity contribution in [3.63, 3.8) is 0 Å². The molecule has 1 aromatic heterocycles. The van der Waals surface area contributed by atoms with Gasteiger partial charge in [-0.05, 0) is 30.9 Å². The van der Waals surface area contributed by atoms with Gasteiger partial charge >= 0.3 is 0 Å². The summed E-state index contributed by atoms with van der Waals surface area (Å²) >= 11 is 1.77. The smallest absolute Gasteiger partial charge is 0.183 e. The molecule has 3 heteroatoms. The Kier molecular flexibility index (Phi) is 3.50. The standard InChI is InChI=1S/C15H20N2S/c1-11-5-4-8-13-14(11)17-15(18-13)16-10-9-12-6-2-3-7-12/h4-5,8,12H,2-3,6-7,9-10H2,1H3,(H,16,17). The van der Waals surface area contributed by atoms with Crippen molar-refractivity contribution in [2.24, 2.45) is 5.92 Å². The summed E-state index contributed by atoms with van der Waals surface area (Å²) in [6, 6.07) is 6.39. The lowest BCUT2D eigenvalue weighted by Crippen LogP contribution is -2.06. The third kappa shape index (κ3) is 2.51. The summed E-state index contributed by atoms with van der Waals surface area (Å²) < 4.78 is 1.29. The van der Waals surface area contributed by atoms with Crippen molar-refractivity contribution in [2.75, 3.05) is 11.9 Å². The fourth-order valence-corrected chi connectivity index (χ4v) is 3.81. The lowest BCUT2D eigenvalue weighted by Gasteiger charge is -2.08. The van der Waals surface area contributed by atoms with Gasteiger partial charge in [-0.1, -0.05) is 49.2 Å². The number of nitrogens with one attached hydrogen (secondary N) is 1. The Labute approximate surface area is 112 Å². The molecule has 1 aliphatic carbocycles. The van der Waals surface area contributed by atoms with Gasteiger partial charge in [0, 0.05) is 6.54 Å². The Balaban J connectivity index is 1.62. The van der Waals surface area contributed by atoms with Gasteiger partial charge < -0.3 is 5.32 Å². The van der Waals surface area contributed by atoms with Crippen molar-refractivity contribution >= 4 is 26.7 Å². The minimum atomic E-state index is 0.952. The molecule has 0 saturated heterocycles. The molecule has 1 N–H and O–H groups in total. The summed E-state index contributed by atoms with van der Waals surface area (Å²) in [4.78, 5) is 4.68. The van der Waals surface area contributed by atoms with Gasteiger partial charge in [-0.15, -0.1) is 0 Å². The summed E-state index contributed by atoms with van der Waals surface area (Å²) in [6.07, 6.45) is 7.03. The van der Waals surface area contributed by atoms with Gasteiger partial charge in [-0.25, -0.2) is 4.98 Å². The first-order chi connectivity index (χ1) is 8.83. The maximum Gasteiger partial charge on any atom is 0.183 e. The molecule has 1 aliphatic rings. The zero-order valence-corrected chi connectivity index (χ0v) is 11.7. The van der Waals surface area contributed by atoms with Crippen LogP contribution in [0.15, 0.2) is 18.2 Å². The molecule has 0 radical (unpaired) electrons. The molecule has 2 nitrogen and oxygen atoms in total. The third-order valence-corrected chi connectivity index (χ3v) is 4.90. The SMILES string of the molecule is Cc1cccc2sc(NCCC3CCCC3)nc12. The van der Waals surface area contributed by atoms with Crippen molar-refractivity contribution in [1.82, 2.24) is 4.98 Å². The first-order valence-corrected chi connectivity index (χ1v) is 7.74. The third-order valence-electron chi connectivity index (χ3n) is 3.92. The molecule has 0 aliphatic heterocycles. The van der Waals surface area contributed by atoms with Crippen molar-refractivity contribution in [2.45, 2.75) is 39.0 Å². The van der Waals surface area contributed by atoms with E-state index < -0.39 is 0 Å². The Morgan fingerprint density at radius 2 is 2.17 bits per heavy atom. The average Bonchev–Trinajstić information content (AvgIpc) is 2.98. The maximum absolute atomic E-state index is 4.68. The highest BCUT2D eigenvalue weighted by Crippen LogP contribution is 2.29. The van der Waals surface area contributed by atoms with Gasteiger partial charge in [0.2, 0.25) is 0 Å². The number of aromatic nitrogens is 1. The first kappa shape index (κ1) is 12.0. The average molecular weight is 260 g/mol. The fourth-order valence-electron chi connectivity index (χ4n) is 2.84. The fraction of sp³-hybridized carbons (Fsp3) is 0.533. The van der Waals surface area contributed by atoms with Crippen LogP contribution >= 0.6 is 11.3 Å². The highest BCUT2D eigenvalue weighted by molar-refractivity contribution is 7.22. The molecule has 0 atom stereocenters. The molecule has 1 aromatic carbocycles. The summed E-state index contributed by atoms with van der Waals surface area (Å²) in [5.41, 5.74) is 2.43. The number of aryl methyl sites for hydroxylation is 1. The van der Waals surface area contributed by atoms with Crippen LogP contribution in [0.2, 0.25) is 0 Å². The largest absolute Gasteiger partial charge is 0.361 e. The summed E-state index contributed by atoms with van der Waals surface area (Å²) in [5.74, 6) is 0.952. The van der Waals surface area contributed by atoms with Crippen molar-refractivity contribution < 1.29 is 0 Å². The molecule has 0 bridgehead atoms. The van der Waals surface area contributed by atoms with Crippen molar-refractivity contribution in [3.05, 3.63) is 23.8 Å². The summed E-state index contributed by atoms with van der Waals surface area (Å²) in [7, 11) is 0. The molecular formula is C15H20N2S. The molecule has 18 heavy (non-hydrogen) atoms. The Hall–Kier alpha value is -1.09. The van der Waals surface area contributed by atoms with E-state index in [1.807, 2.05) is 0 Å². The zero-order valence-electron chi connectivity index (χ0n) is 10.9. The molecule has 1 saturated carbocycles. The van der Waals surface area contributed by atoms with Crippen molar-refractivity contribution in [1.29, 1.82) is 0 Å². The molecule has 0 spiro atoms. The second kappa shape index (κ2) is 5.27. The van der Waals surface area contributed by atoms with Crippen LogP contribution in [0.25, 0.3) is 10.2 Å². The Bertz CT molecular complexity index is 526. The van der Waals surface area contributed by atoms with Crippen LogP contribution in [0, 0.1) is 12.8 Å². The van der Waals surface area contributed by atoms with Gasteiger partial charge in [-0.3, -0.25) is 0 Å². The number of fused-ring (bicyclic) bond motifs is 1. The number of thiazole rings is 1. The number of anilines is 1. The Morgan fingerprint density at radius 3 is 2.94 bits per heavy atom. The zero-order chi connectivity index (χ0) is 12.4.